The van der Waals surface area contributed by atoms with Gasteiger partial charge in [0.05, 0.1) is 12.6 Å². The molecule has 0 bridgehead atoms. The Morgan fingerprint density at radius 3 is 2.89 bits per heavy atom. The van der Waals surface area contributed by atoms with Crippen LogP contribution in [-0.2, 0) is 11.2 Å². The van der Waals surface area contributed by atoms with Gasteiger partial charge in [0.15, 0.2) is 0 Å². The smallest absolute Gasteiger partial charge is 0.387 e. The predicted octanol–water partition coefficient (Wildman–Crippen LogP) is 1.72. The van der Waals surface area contributed by atoms with E-state index < -0.39 is 6.61 Å². The SMILES string of the molecule is O=C(Cc1ccc(OC(F)F)cn1)Nc1nncs1. The van der Waals surface area contributed by atoms with Gasteiger partial charge in [-0.3, -0.25) is 9.78 Å². The van der Waals surface area contributed by atoms with Crippen LogP contribution in [0.25, 0.3) is 0 Å². The summed E-state index contributed by atoms with van der Waals surface area (Å²) in [7, 11) is 0. The minimum Gasteiger partial charge on any atom is -0.433 e. The number of halogens is 2. The minimum absolute atomic E-state index is 0.00847. The van der Waals surface area contributed by atoms with Gasteiger partial charge in [0.25, 0.3) is 0 Å². The highest BCUT2D eigenvalue weighted by Crippen LogP contribution is 2.13. The molecule has 1 amide bonds. The molecule has 0 spiro atoms. The largest absolute Gasteiger partial charge is 0.433 e. The summed E-state index contributed by atoms with van der Waals surface area (Å²) in [5, 5.41) is 10.2. The zero-order valence-corrected chi connectivity index (χ0v) is 10.2. The molecule has 9 heteroatoms. The van der Waals surface area contributed by atoms with E-state index in [9.17, 15) is 13.6 Å². The summed E-state index contributed by atoms with van der Waals surface area (Å²) in [6.45, 7) is -2.90. The maximum atomic E-state index is 11.9. The molecule has 0 saturated carbocycles. The van der Waals surface area contributed by atoms with Gasteiger partial charge in [-0.25, -0.2) is 0 Å². The quantitative estimate of drug-likeness (QED) is 0.905. The molecular formula is C10H8F2N4O2S. The summed E-state index contributed by atoms with van der Waals surface area (Å²) in [4.78, 5) is 15.4. The van der Waals surface area contributed by atoms with E-state index in [1.807, 2.05) is 0 Å². The van der Waals surface area contributed by atoms with Crippen LogP contribution in [0.5, 0.6) is 5.75 Å². The van der Waals surface area contributed by atoms with E-state index in [0.717, 1.165) is 6.20 Å². The average Bonchev–Trinajstić information content (AvgIpc) is 2.83. The van der Waals surface area contributed by atoms with Gasteiger partial charge < -0.3 is 10.1 Å². The van der Waals surface area contributed by atoms with E-state index in [-0.39, 0.29) is 18.1 Å². The first-order chi connectivity index (χ1) is 9.13. The lowest BCUT2D eigenvalue weighted by Gasteiger charge is -2.05. The molecular weight excluding hydrogens is 278 g/mol. The highest BCUT2D eigenvalue weighted by atomic mass is 32.1. The summed E-state index contributed by atoms with van der Waals surface area (Å²) in [5.74, 6) is -0.366. The van der Waals surface area contributed by atoms with Crippen molar-refractivity contribution in [3.05, 3.63) is 29.5 Å². The van der Waals surface area contributed by atoms with Crippen LogP contribution in [0, 0.1) is 0 Å². The first-order valence-corrected chi connectivity index (χ1v) is 5.97. The van der Waals surface area contributed by atoms with E-state index in [1.165, 1.54) is 29.0 Å². The lowest BCUT2D eigenvalue weighted by molar-refractivity contribution is -0.115. The average molecular weight is 286 g/mol. The number of nitrogens with zero attached hydrogens (tertiary/aromatic N) is 3. The van der Waals surface area contributed by atoms with E-state index in [4.69, 9.17) is 0 Å². The number of anilines is 1. The Bertz CT molecular complexity index is 533. The molecule has 0 aliphatic rings. The highest BCUT2D eigenvalue weighted by Gasteiger charge is 2.08. The molecule has 100 valence electrons. The van der Waals surface area contributed by atoms with Crippen molar-refractivity contribution in [3.63, 3.8) is 0 Å². The van der Waals surface area contributed by atoms with Crippen molar-refractivity contribution in [1.29, 1.82) is 0 Å². The number of ether oxygens (including phenoxy) is 1. The Labute approximate surface area is 110 Å². The van der Waals surface area contributed by atoms with E-state index in [1.54, 1.807) is 0 Å². The second-order valence-corrected chi connectivity index (χ2v) is 4.17. The van der Waals surface area contributed by atoms with Gasteiger partial charge in [-0.15, -0.1) is 10.2 Å². The number of carbonyl (C=O) groups is 1. The predicted molar refractivity (Wildman–Crippen MR) is 63.1 cm³/mol. The number of nitrogens with one attached hydrogen (secondary N) is 1. The second-order valence-electron chi connectivity index (χ2n) is 3.33. The number of pyridine rings is 1. The molecule has 0 radical (unpaired) electrons. The molecule has 2 aromatic heterocycles. The molecule has 2 heterocycles. The summed E-state index contributed by atoms with van der Waals surface area (Å²) in [6, 6.07) is 2.77. The van der Waals surface area contributed by atoms with Crippen molar-refractivity contribution in [2.75, 3.05) is 5.32 Å². The molecule has 0 aliphatic heterocycles. The van der Waals surface area contributed by atoms with Crippen LogP contribution in [0.4, 0.5) is 13.9 Å². The van der Waals surface area contributed by atoms with Gasteiger partial charge >= 0.3 is 6.61 Å². The van der Waals surface area contributed by atoms with Crippen molar-refractivity contribution < 1.29 is 18.3 Å². The van der Waals surface area contributed by atoms with Gasteiger partial charge in [0.2, 0.25) is 11.0 Å². The monoisotopic (exact) mass is 286 g/mol. The zero-order chi connectivity index (χ0) is 13.7. The van der Waals surface area contributed by atoms with E-state index in [0.29, 0.717) is 10.8 Å². The molecule has 2 rings (SSSR count). The Kier molecular flexibility index (Phi) is 4.29. The second kappa shape index (κ2) is 6.14. The third-order valence-electron chi connectivity index (χ3n) is 1.97. The van der Waals surface area contributed by atoms with Crippen molar-refractivity contribution in [2.24, 2.45) is 0 Å². The Morgan fingerprint density at radius 1 is 1.47 bits per heavy atom. The number of amides is 1. The number of hydrogen-bond donors (Lipinski definition) is 1. The number of alkyl halides is 2. The van der Waals surface area contributed by atoms with Crippen LogP contribution in [0.1, 0.15) is 5.69 Å². The number of rotatable bonds is 5. The lowest BCUT2D eigenvalue weighted by Crippen LogP contribution is -2.15. The molecule has 0 fully saturated rings. The zero-order valence-electron chi connectivity index (χ0n) is 9.42. The Balaban J connectivity index is 1.90. The molecule has 0 aromatic carbocycles. The summed E-state index contributed by atoms with van der Waals surface area (Å²) in [5.41, 5.74) is 1.92. The third kappa shape index (κ3) is 4.21. The van der Waals surface area contributed by atoms with E-state index >= 15 is 0 Å². The van der Waals surface area contributed by atoms with Gasteiger partial charge in [-0.2, -0.15) is 8.78 Å². The molecule has 0 saturated heterocycles. The summed E-state index contributed by atoms with van der Waals surface area (Å²) >= 11 is 1.19. The van der Waals surface area contributed by atoms with Crippen LogP contribution in [0.3, 0.4) is 0 Å². The topological polar surface area (TPSA) is 77.0 Å². The van der Waals surface area contributed by atoms with Crippen LogP contribution in [0.15, 0.2) is 23.8 Å². The van der Waals surface area contributed by atoms with Crippen LogP contribution >= 0.6 is 11.3 Å². The van der Waals surface area contributed by atoms with Crippen LogP contribution < -0.4 is 10.1 Å². The van der Waals surface area contributed by atoms with E-state index in [2.05, 4.69) is 25.2 Å². The number of carbonyl (C=O) groups excluding carboxylic acids is 1. The minimum atomic E-state index is -2.90. The van der Waals surface area contributed by atoms with Gasteiger partial charge in [0, 0.05) is 5.69 Å². The normalized spacial score (nSPS) is 10.5. The number of hydrogen-bond acceptors (Lipinski definition) is 6. The van der Waals surface area contributed by atoms with Gasteiger partial charge in [-0.1, -0.05) is 11.3 Å². The van der Waals surface area contributed by atoms with Gasteiger partial charge in [-0.05, 0) is 12.1 Å². The fourth-order valence-electron chi connectivity index (χ4n) is 1.24. The molecule has 0 unspecified atom stereocenters. The fourth-order valence-corrected chi connectivity index (χ4v) is 1.70. The molecule has 19 heavy (non-hydrogen) atoms. The molecule has 1 N–H and O–H groups in total. The van der Waals surface area contributed by atoms with Crippen molar-refractivity contribution in [1.82, 2.24) is 15.2 Å². The maximum absolute atomic E-state index is 11.9. The van der Waals surface area contributed by atoms with Crippen LogP contribution in [-0.4, -0.2) is 27.7 Å². The third-order valence-corrected chi connectivity index (χ3v) is 2.58. The number of aromatic nitrogens is 3. The molecule has 0 aliphatic carbocycles. The van der Waals surface area contributed by atoms with Crippen LogP contribution in [0.2, 0.25) is 0 Å². The van der Waals surface area contributed by atoms with Crippen molar-refractivity contribution in [3.8, 4) is 5.75 Å². The first-order valence-electron chi connectivity index (χ1n) is 5.09. The first kappa shape index (κ1) is 13.3. The van der Waals surface area contributed by atoms with Crippen molar-refractivity contribution in [2.45, 2.75) is 13.0 Å². The van der Waals surface area contributed by atoms with Crippen molar-refractivity contribution >= 4 is 22.4 Å². The Morgan fingerprint density at radius 2 is 2.32 bits per heavy atom. The lowest BCUT2D eigenvalue weighted by atomic mass is 10.2. The molecule has 0 atom stereocenters. The molecule has 2 aromatic rings. The summed E-state index contributed by atoms with van der Waals surface area (Å²) in [6.07, 6.45) is 1.15. The standard InChI is InChI=1S/C10H8F2N4O2S/c11-9(12)18-7-2-1-6(13-4-7)3-8(17)15-10-16-14-5-19-10/h1-2,4-5,9H,3H2,(H,15,16,17). The molecule has 6 nitrogen and oxygen atoms in total. The van der Waals surface area contributed by atoms with Gasteiger partial charge in [0.1, 0.15) is 11.3 Å². The summed E-state index contributed by atoms with van der Waals surface area (Å²) < 4.78 is 28.0. The Hall–Kier alpha value is -2.16. The maximum Gasteiger partial charge on any atom is 0.387 e. The fraction of sp³-hybridized carbons (Fsp3) is 0.200. The highest BCUT2D eigenvalue weighted by molar-refractivity contribution is 7.13.